The molecule has 0 aliphatic rings. The van der Waals surface area contributed by atoms with Crippen molar-refractivity contribution in [2.75, 3.05) is 79.9 Å². The molecule has 0 saturated heterocycles. The molecule has 0 aromatic rings. The molecule has 8 nitrogen and oxygen atoms in total. The van der Waals surface area contributed by atoms with Gasteiger partial charge in [0.2, 0.25) is 0 Å². The highest BCUT2D eigenvalue weighted by Crippen LogP contribution is 2.22. The molecule has 0 amide bonds. The minimum absolute atomic E-state index is 0.557. The van der Waals surface area contributed by atoms with Crippen LogP contribution in [0.15, 0.2) is 0 Å². The highest BCUT2D eigenvalue weighted by Gasteiger charge is 2.33. The van der Waals surface area contributed by atoms with Gasteiger partial charge in [0.15, 0.2) is 0 Å². The Hall–Kier alpha value is -0.320. The van der Waals surface area contributed by atoms with Crippen LogP contribution in [0.1, 0.15) is 60.8 Å². The molecule has 188 valence electrons. The summed E-state index contributed by atoms with van der Waals surface area (Å²) in [4.78, 5) is 4.59. The van der Waals surface area contributed by atoms with Gasteiger partial charge in [-0.25, -0.2) is 0 Å². The molecule has 0 aromatic carbocycles. The summed E-state index contributed by atoms with van der Waals surface area (Å²) in [5, 5.41) is 0. The molecule has 0 bridgehead atoms. The Balaban J connectivity index is 4.43. The van der Waals surface area contributed by atoms with Crippen molar-refractivity contribution in [1.29, 1.82) is 0 Å². The normalized spacial score (nSPS) is 13.0. The highest BCUT2D eigenvalue weighted by molar-refractivity contribution is 4.65. The Labute approximate surface area is 191 Å². The summed E-state index contributed by atoms with van der Waals surface area (Å²) in [6.07, 6.45) is 2.41. The molecule has 0 heterocycles. The lowest BCUT2D eigenvalue weighted by molar-refractivity contribution is -0.380. The van der Waals surface area contributed by atoms with Gasteiger partial charge in [0.25, 0.3) is 11.9 Å². The molecule has 0 atom stereocenters. The van der Waals surface area contributed by atoms with Crippen LogP contribution in [-0.4, -0.2) is 102 Å². The first-order valence-corrected chi connectivity index (χ1v) is 12.1. The quantitative estimate of drug-likeness (QED) is 0.232. The zero-order chi connectivity index (χ0) is 23.6. The van der Waals surface area contributed by atoms with Crippen molar-refractivity contribution in [3.8, 4) is 0 Å². The van der Waals surface area contributed by atoms with Crippen LogP contribution >= 0.6 is 0 Å². The van der Waals surface area contributed by atoms with E-state index in [9.17, 15) is 0 Å². The van der Waals surface area contributed by atoms with Crippen LogP contribution in [0.2, 0.25) is 0 Å². The van der Waals surface area contributed by atoms with Crippen molar-refractivity contribution in [3.63, 3.8) is 0 Å². The van der Waals surface area contributed by atoms with Gasteiger partial charge in [-0.2, -0.15) is 0 Å². The fourth-order valence-corrected chi connectivity index (χ4v) is 3.49. The summed E-state index contributed by atoms with van der Waals surface area (Å²) in [6, 6.07) is 0. The van der Waals surface area contributed by atoms with Gasteiger partial charge in [-0.05, 0) is 75.1 Å². The van der Waals surface area contributed by atoms with Crippen LogP contribution in [0.4, 0.5) is 0 Å². The highest BCUT2D eigenvalue weighted by atomic mass is 16.9. The van der Waals surface area contributed by atoms with E-state index in [4.69, 9.17) is 28.4 Å². The van der Waals surface area contributed by atoms with E-state index in [1.807, 2.05) is 41.5 Å². The second-order valence-corrected chi connectivity index (χ2v) is 7.42. The van der Waals surface area contributed by atoms with Gasteiger partial charge in [-0.1, -0.05) is 0 Å². The van der Waals surface area contributed by atoms with Crippen molar-refractivity contribution >= 4 is 0 Å². The number of nitrogens with zero attached hydrogens (tertiary/aromatic N) is 2. The maximum Gasteiger partial charge on any atom is 0.284 e. The van der Waals surface area contributed by atoms with Gasteiger partial charge in [0.05, 0.1) is 0 Å². The zero-order valence-electron chi connectivity index (χ0n) is 21.5. The average Bonchev–Trinajstić information content (AvgIpc) is 2.72. The van der Waals surface area contributed by atoms with Crippen molar-refractivity contribution in [2.45, 2.75) is 72.8 Å². The van der Waals surface area contributed by atoms with E-state index >= 15 is 0 Å². The van der Waals surface area contributed by atoms with Crippen LogP contribution in [0.3, 0.4) is 0 Å². The molecule has 0 unspecified atom stereocenters. The van der Waals surface area contributed by atoms with E-state index < -0.39 is 11.9 Å². The fraction of sp³-hybridized carbons (Fsp3) is 1.00. The van der Waals surface area contributed by atoms with Gasteiger partial charge < -0.3 is 38.2 Å². The second kappa shape index (κ2) is 18.1. The summed E-state index contributed by atoms with van der Waals surface area (Å²) < 4.78 is 34.9. The van der Waals surface area contributed by atoms with E-state index in [2.05, 4.69) is 23.9 Å². The lowest BCUT2D eigenvalue weighted by Crippen LogP contribution is -2.43. The predicted molar refractivity (Wildman–Crippen MR) is 124 cm³/mol. The van der Waals surface area contributed by atoms with Crippen LogP contribution in [0, 0.1) is 0 Å². The molecule has 0 aliphatic heterocycles. The van der Waals surface area contributed by atoms with Crippen molar-refractivity contribution in [3.05, 3.63) is 0 Å². The summed E-state index contributed by atoms with van der Waals surface area (Å²) in [6.45, 7) is 18.8. The van der Waals surface area contributed by atoms with Crippen molar-refractivity contribution < 1.29 is 28.4 Å². The summed E-state index contributed by atoms with van der Waals surface area (Å²) in [7, 11) is 4.25. The van der Waals surface area contributed by atoms with E-state index in [0.29, 0.717) is 52.5 Å². The van der Waals surface area contributed by atoms with Crippen LogP contribution in [0.5, 0.6) is 0 Å². The summed E-state index contributed by atoms with van der Waals surface area (Å²) in [5.74, 6) is -1.88. The smallest absolute Gasteiger partial charge is 0.284 e. The largest absolute Gasteiger partial charge is 0.328 e. The molecule has 0 aliphatic carbocycles. The first kappa shape index (κ1) is 30.7. The minimum Gasteiger partial charge on any atom is -0.328 e. The molecule has 31 heavy (non-hydrogen) atoms. The molecule has 0 saturated carbocycles. The van der Waals surface area contributed by atoms with Gasteiger partial charge in [0, 0.05) is 65.6 Å². The van der Waals surface area contributed by atoms with Crippen LogP contribution < -0.4 is 0 Å². The Morgan fingerprint density at radius 3 is 0.935 bits per heavy atom. The Morgan fingerprint density at radius 2 is 0.710 bits per heavy atom. The van der Waals surface area contributed by atoms with Crippen molar-refractivity contribution in [1.82, 2.24) is 9.80 Å². The SMILES string of the molecule is CCOC(CCN(C)CCCN(C)CCC(OCC)(OCC)OCC)(OCC)OCC. The maximum absolute atomic E-state index is 5.81. The molecule has 0 rings (SSSR count). The lowest BCUT2D eigenvalue weighted by Gasteiger charge is -2.34. The summed E-state index contributed by atoms with van der Waals surface area (Å²) in [5.41, 5.74) is 0. The molecule has 8 heteroatoms. The van der Waals surface area contributed by atoms with Crippen molar-refractivity contribution in [2.24, 2.45) is 0 Å². The van der Waals surface area contributed by atoms with E-state index in [0.717, 1.165) is 32.6 Å². The zero-order valence-corrected chi connectivity index (χ0v) is 21.5. The molecule has 0 radical (unpaired) electrons. The Morgan fingerprint density at radius 1 is 0.452 bits per heavy atom. The molecule has 0 fully saturated rings. The first-order valence-electron chi connectivity index (χ1n) is 12.1. The van der Waals surface area contributed by atoms with Gasteiger partial charge in [-0.3, -0.25) is 0 Å². The fourth-order valence-electron chi connectivity index (χ4n) is 3.49. The molecule has 0 N–H and O–H groups in total. The standard InChI is InChI=1S/C23H50N2O6/c1-9-26-22(27-10-2,28-11-3)16-20-24(7)18-15-19-25(8)21-17-23(29-12-4,30-13-5)31-14-6/h9-21H2,1-8H3. The minimum atomic E-state index is -0.940. The molecule has 0 spiro atoms. The molecular weight excluding hydrogens is 400 g/mol. The third-order valence-corrected chi connectivity index (χ3v) is 4.86. The van der Waals surface area contributed by atoms with E-state index in [1.165, 1.54) is 0 Å². The Kier molecular flexibility index (Phi) is 18.0. The van der Waals surface area contributed by atoms with Crippen LogP contribution in [-0.2, 0) is 28.4 Å². The maximum atomic E-state index is 5.81. The first-order chi connectivity index (χ1) is 14.9. The number of hydrogen-bond donors (Lipinski definition) is 0. The van der Waals surface area contributed by atoms with Gasteiger partial charge in [0.1, 0.15) is 0 Å². The third kappa shape index (κ3) is 13.1. The van der Waals surface area contributed by atoms with E-state index in [1.54, 1.807) is 0 Å². The third-order valence-electron chi connectivity index (χ3n) is 4.86. The predicted octanol–water partition coefficient (Wildman–Crippen LogP) is 3.55. The lowest BCUT2D eigenvalue weighted by atomic mass is 10.3. The second-order valence-electron chi connectivity index (χ2n) is 7.42. The van der Waals surface area contributed by atoms with Crippen LogP contribution in [0.25, 0.3) is 0 Å². The number of rotatable bonds is 22. The number of hydrogen-bond acceptors (Lipinski definition) is 8. The van der Waals surface area contributed by atoms with Gasteiger partial charge >= 0.3 is 0 Å². The molecule has 0 aromatic heterocycles. The Bertz CT molecular complexity index is 343. The monoisotopic (exact) mass is 450 g/mol. The molecular formula is C23H50N2O6. The number of ether oxygens (including phenoxy) is 6. The van der Waals surface area contributed by atoms with Gasteiger partial charge in [-0.15, -0.1) is 0 Å². The summed E-state index contributed by atoms with van der Waals surface area (Å²) >= 11 is 0. The average molecular weight is 451 g/mol. The topological polar surface area (TPSA) is 61.9 Å². The van der Waals surface area contributed by atoms with E-state index in [-0.39, 0.29) is 0 Å².